The van der Waals surface area contributed by atoms with Gasteiger partial charge in [-0.3, -0.25) is 14.5 Å². The Morgan fingerprint density at radius 3 is 2.41 bits per heavy atom. The SMILES string of the molecule is CC(C)NC(=O)CN(C(=O)c1ccc(N2CCCC2)nc1)c1ccccc1. The molecular formula is C21H26N4O2. The van der Waals surface area contributed by atoms with E-state index in [2.05, 4.69) is 15.2 Å². The van der Waals surface area contributed by atoms with Gasteiger partial charge >= 0.3 is 0 Å². The summed E-state index contributed by atoms with van der Waals surface area (Å²) in [4.78, 5) is 33.5. The van der Waals surface area contributed by atoms with Crippen LogP contribution in [0.4, 0.5) is 11.5 Å². The molecule has 0 spiro atoms. The maximum Gasteiger partial charge on any atom is 0.260 e. The van der Waals surface area contributed by atoms with E-state index in [1.807, 2.05) is 50.2 Å². The molecule has 1 aliphatic rings. The number of nitrogens with zero attached hydrogens (tertiary/aromatic N) is 3. The van der Waals surface area contributed by atoms with Gasteiger partial charge in [-0.1, -0.05) is 18.2 Å². The van der Waals surface area contributed by atoms with E-state index in [4.69, 9.17) is 0 Å². The summed E-state index contributed by atoms with van der Waals surface area (Å²) >= 11 is 0. The molecule has 27 heavy (non-hydrogen) atoms. The van der Waals surface area contributed by atoms with Crippen molar-refractivity contribution in [3.05, 3.63) is 54.2 Å². The average Bonchev–Trinajstić information content (AvgIpc) is 3.21. The van der Waals surface area contributed by atoms with Gasteiger partial charge in [-0.15, -0.1) is 0 Å². The number of hydrogen-bond acceptors (Lipinski definition) is 4. The highest BCUT2D eigenvalue weighted by Gasteiger charge is 2.22. The van der Waals surface area contributed by atoms with Crippen molar-refractivity contribution in [2.24, 2.45) is 0 Å². The fourth-order valence-corrected chi connectivity index (χ4v) is 3.20. The van der Waals surface area contributed by atoms with Crippen LogP contribution in [0.25, 0.3) is 0 Å². The zero-order valence-electron chi connectivity index (χ0n) is 15.9. The maximum atomic E-state index is 13.1. The van der Waals surface area contributed by atoms with E-state index in [1.54, 1.807) is 12.3 Å². The van der Waals surface area contributed by atoms with E-state index in [9.17, 15) is 9.59 Å². The Morgan fingerprint density at radius 1 is 1.11 bits per heavy atom. The van der Waals surface area contributed by atoms with E-state index < -0.39 is 0 Å². The number of rotatable bonds is 6. The molecule has 0 saturated carbocycles. The van der Waals surface area contributed by atoms with Crippen LogP contribution in [0.3, 0.4) is 0 Å². The van der Waals surface area contributed by atoms with Crippen LogP contribution in [0.1, 0.15) is 37.0 Å². The van der Waals surface area contributed by atoms with Crippen molar-refractivity contribution in [1.29, 1.82) is 0 Å². The van der Waals surface area contributed by atoms with E-state index in [-0.39, 0.29) is 24.4 Å². The summed E-state index contributed by atoms with van der Waals surface area (Å²) in [5, 5.41) is 2.84. The topological polar surface area (TPSA) is 65.5 Å². The number of benzene rings is 1. The summed E-state index contributed by atoms with van der Waals surface area (Å²) in [7, 11) is 0. The molecular weight excluding hydrogens is 340 g/mol. The lowest BCUT2D eigenvalue weighted by atomic mass is 10.2. The number of carbonyl (C=O) groups excluding carboxylic acids is 2. The monoisotopic (exact) mass is 366 g/mol. The molecule has 1 aromatic heterocycles. The van der Waals surface area contributed by atoms with Crippen LogP contribution in [0.2, 0.25) is 0 Å². The molecule has 0 radical (unpaired) electrons. The summed E-state index contributed by atoms with van der Waals surface area (Å²) < 4.78 is 0. The third-order valence-corrected chi connectivity index (χ3v) is 4.49. The Kier molecular flexibility index (Phi) is 6.06. The van der Waals surface area contributed by atoms with Crippen LogP contribution in [0.15, 0.2) is 48.7 Å². The molecule has 1 aromatic carbocycles. The zero-order chi connectivity index (χ0) is 19.2. The number of hydrogen-bond donors (Lipinski definition) is 1. The molecule has 1 aliphatic heterocycles. The third-order valence-electron chi connectivity index (χ3n) is 4.49. The first-order valence-corrected chi connectivity index (χ1v) is 9.42. The van der Waals surface area contributed by atoms with E-state index in [0.717, 1.165) is 18.9 Å². The van der Waals surface area contributed by atoms with Crippen LogP contribution in [-0.4, -0.2) is 42.5 Å². The molecule has 2 aromatic rings. The van der Waals surface area contributed by atoms with Crippen molar-refractivity contribution in [2.45, 2.75) is 32.7 Å². The van der Waals surface area contributed by atoms with E-state index >= 15 is 0 Å². The summed E-state index contributed by atoms with van der Waals surface area (Å²) in [6, 6.07) is 12.9. The Morgan fingerprint density at radius 2 is 1.81 bits per heavy atom. The smallest absolute Gasteiger partial charge is 0.260 e. The highest BCUT2D eigenvalue weighted by atomic mass is 16.2. The standard InChI is InChI=1S/C21H26N4O2/c1-16(2)23-20(26)15-25(18-8-4-3-5-9-18)21(27)17-10-11-19(22-14-17)24-12-6-7-13-24/h3-5,8-11,14,16H,6-7,12-13,15H2,1-2H3,(H,23,26). The number of pyridine rings is 1. The Balaban J connectivity index is 1.80. The number of amides is 2. The maximum absolute atomic E-state index is 13.1. The number of para-hydroxylation sites is 1. The third kappa shape index (κ3) is 4.84. The van der Waals surface area contributed by atoms with E-state index in [1.165, 1.54) is 17.7 Å². The quantitative estimate of drug-likeness (QED) is 0.854. The molecule has 1 N–H and O–H groups in total. The van der Waals surface area contributed by atoms with Crippen molar-refractivity contribution in [1.82, 2.24) is 10.3 Å². The van der Waals surface area contributed by atoms with Crippen molar-refractivity contribution in [3.63, 3.8) is 0 Å². The largest absolute Gasteiger partial charge is 0.357 e. The molecule has 3 rings (SSSR count). The van der Waals surface area contributed by atoms with Gasteiger partial charge in [0.1, 0.15) is 12.4 Å². The predicted molar refractivity (Wildman–Crippen MR) is 107 cm³/mol. The molecule has 0 atom stereocenters. The van der Waals surface area contributed by atoms with Crippen LogP contribution >= 0.6 is 0 Å². The van der Waals surface area contributed by atoms with Gasteiger partial charge < -0.3 is 10.2 Å². The molecule has 0 aliphatic carbocycles. The lowest BCUT2D eigenvalue weighted by Gasteiger charge is -2.23. The summed E-state index contributed by atoms with van der Waals surface area (Å²) in [5.74, 6) is 0.470. The second-order valence-corrected chi connectivity index (χ2v) is 7.05. The van der Waals surface area contributed by atoms with Gasteiger partial charge in [0.25, 0.3) is 5.91 Å². The fourth-order valence-electron chi connectivity index (χ4n) is 3.20. The van der Waals surface area contributed by atoms with Gasteiger partial charge in [-0.05, 0) is 51.0 Å². The van der Waals surface area contributed by atoms with Crippen molar-refractivity contribution in [2.75, 3.05) is 29.4 Å². The minimum Gasteiger partial charge on any atom is -0.357 e. The predicted octanol–water partition coefficient (Wildman–Crippen LogP) is 2.85. The number of nitrogens with one attached hydrogen (secondary N) is 1. The van der Waals surface area contributed by atoms with Gasteiger partial charge in [0.05, 0.1) is 5.56 Å². The number of aromatic nitrogens is 1. The van der Waals surface area contributed by atoms with Gasteiger partial charge in [0, 0.05) is 31.0 Å². The average molecular weight is 366 g/mol. The molecule has 6 heteroatoms. The highest BCUT2D eigenvalue weighted by molar-refractivity contribution is 6.08. The summed E-state index contributed by atoms with van der Waals surface area (Å²) in [5.41, 5.74) is 1.16. The Labute approximate surface area is 160 Å². The van der Waals surface area contributed by atoms with Gasteiger partial charge in [-0.2, -0.15) is 0 Å². The minimum absolute atomic E-state index is 0.0200. The molecule has 0 unspecified atom stereocenters. The Bertz CT molecular complexity index is 769. The fraction of sp³-hybridized carbons (Fsp3) is 0.381. The van der Waals surface area contributed by atoms with Gasteiger partial charge in [-0.25, -0.2) is 4.98 Å². The first-order valence-electron chi connectivity index (χ1n) is 9.42. The first-order chi connectivity index (χ1) is 13.0. The van der Waals surface area contributed by atoms with Gasteiger partial charge in [0.2, 0.25) is 5.91 Å². The highest BCUT2D eigenvalue weighted by Crippen LogP contribution is 2.20. The van der Waals surface area contributed by atoms with Crippen LogP contribution in [0.5, 0.6) is 0 Å². The molecule has 1 fully saturated rings. The molecule has 6 nitrogen and oxygen atoms in total. The van der Waals surface area contributed by atoms with E-state index in [0.29, 0.717) is 11.3 Å². The minimum atomic E-state index is -0.236. The number of anilines is 2. The molecule has 2 amide bonds. The van der Waals surface area contributed by atoms with Crippen LogP contribution < -0.4 is 15.1 Å². The lowest BCUT2D eigenvalue weighted by molar-refractivity contribution is -0.120. The van der Waals surface area contributed by atoms with Crippen LogP contribution in [0, 0.1) is 0 Å². The normalized spacial score (nSPS) is 13.7. The summed E-state index contributed by atoms with van der Waals surface area (Å²) in [6.07, 6.45) is 3.95. The number of carbonyl (C=O) groups is 2. The second kappa shape index (κ2) is 8.66. The summed E-state index contributed by atoms with van der Waals surface area (Å²) in [6.45, 7) is 5.77. The lowest BCUT2D eigenvalue weighted by Crippen LogP contribution is -2.43. The molecule has 142 valence electrons. The first kappa shape index (κ1) is 18.9. The molecule has 1 saturated heterocycles. The van der Waals surface area contributed by atoms with Crippen molar-refractivity contribution in [3.8, 4) is 0 Å². The zero-order valence-corrected chi connectivity index (χ0v) is 15.9. The van der Waals surface area contributed by atoms with Crippen molar-refractivity contribution < 1.29 is 9.59 Å². The Hall–Kier alpha value is -2.89. The van der Waals surface area contributed by atoms with Crippen molar-refractivity contribution >= 4 is 23.3 Å². The molecule has 0 bridgehead atoms. The van der Waals surface area contributed by atoms with Crippen LogP contribution in [-0.2, 0) is 4.79 Å². The second-order valence-electron chi connectivity index (χ2n) is 7.05. The van der Waals surface area contributed by atoms with Gasteiger partial charge in [0.15, 0.2) is 0 Å². The molecule has 2 heterocycles.